The number of carbonyl (C=O) groups is 1. The number of phenols is 1. The molecule has 0 spiro atoms. The summed E-state index contributed by atoms with van der Waals surface area (Å²) in [5.41, 5.74) is 1.15. The molecule has 0 aliphatic heterocycles. The minimum Gasteiger partial charge on any atom is -0.508 e. The van der Waals surface area contributed by atoms with Crippen molar-refractivity contribution in [1.82, 2.24) is 4.90 Å². The van der Waals surface area contributed by atoms with Gasteiger partial charge in [0.2, 0.25) is 0 Å². The maximum Gasteiger partial charge on any atom is 0.303 e. The van der Waals surface area contributed by atoms with Gasteiger partial charge in [-0.15, -0.1) is 0 Å². The lowest BCUT2D eigenvalue weighted by atomic mass is 10.0. The van der Waals surface area contributed by atoms with Crippen LogP contribution in [0.25, 0.3) is 0 Å². The summed E-state index contributed by atoms with van der Waals surface area (Å²) >= 11 is 0. The summed E-state index contributed by atoms with van der Waals surface area (Å²) in [6.07, 6.45) is 1.81. The lowest BCUT2D eigenvalue weighted by molar-refractivity contribution is -0.137. The van der Waals surface area contributed by atoms with E-state index in [1.807, 2.05) is 19.2 Å². The SMILES string of the molecule is CCC(c1ccc(O)cc1)N(C)CCCC(=O)O. The second-order valence-corrected chi connectivity index (χ2v) is 4.49. The average Bonchev–Trinajstić information content (AvgIpc) is 2.32. The van der Waals surface area contributed by atoms with Crippen LogP contribution in [0.2, 0.25) is 0 Å². The molecule has 4 heteroatoms. The Labute approximate surface area is 108 Å². The van der Waals surface area contributed by atoms with Crippen LogP contribution in [-0.4, -0.2) is 34.7 Å². The van der Waals surface area contributed by atoms with E-state index in [2.05, 4.69) is 11.8 Å². The summed E-state index contributed by atoms with van der Waals surface area (Å²) in [4.78, 5) is 12.6. The lowest BCUT2D eigenvalue weighted by Crippen LogP contribution is -2.25. The molecule has 0 saturated carbocycles. The summed E-state index contributed by atoms with van der Waals surface area (Å²) in [6.45, 7) is 2.86. The van der Waals surface area contributed by atoms with Gasteiger partial charge in [-0.1, -0.05) is 19.1 Å². The van der Waals surface area contributed by atoms with Crippen LogP contribution in [0.1, 0.15) is 37.8 Å². The molecule has 0 aliphatic carbocycles. The van der Waals surface area contributed by atoms with Gasteiger partial charge in [0.1, 0.15) is 5.75 Å². The standard InChI is InChI=1S/C14H21NO3/c1-3-13(11-6-8-12(16)9-7-11)15(2)10-4-5-14(17)18/h6-9,13,16H,3-5,10H2,1-2H3,(H,17,18). The molecule has 0 aromatic heterocycles. The molecule has 1 aromatic carbocycles. The Morgan fingerprint density at radius 1 is 1.33 bits per heavy atom. The lowest BCUT2D eigenvalue weighted by Gasteiger charge is -2.27. The molecule has 0 aliphatic rings. The Bertz CT molecular complexity index is 375. The van der Waals surface area contributed by atoms with E-state index >= 15 is 0 Å². The molecule has 0 heterocycles. The molecule has 1 aromatic rings. The van der Waals surface area contributed by atoms with Crippen LogP contribution in [0.5, 0.6) is 5.75 Å². The second kappa shape index (κ2) is 7.01. The van der Waals surface area contributed by atoms with Crippen molar-refractivity contribution in [2.45, 2.75) is 32.2 Å². The zero-order valence-corrected chi connectivity index (χ0v) is 11.0. The smallest absolute Gasteiger partial charge is 0.303 e. The number of benzene rings is 1. The third-order valence-corrected chi connectivity index (χ3v) is 3.10. The molecule has 0 saturated heterocycles. The zero-order valence-electron chi connectivity index (χ0n) is 11.0. The molecule has 18 heavy (non-hydrogen) atoms. The molecule has 100 valence electrons. The largest absolute Gasteiger partial charge is 0.508 e. The van der Waals surface area contributed by atoms with Crippen molar-refractivity contribution in [3.05, 3.63) is 29.8 Å². The molecule has 0 fully saturated rings. The number of hydrogen-bond donors (Lipinski definition) is 2. The highest BCUT2D eigenvalue weighted by molar-refractivity contribution is 5.66. The van der Waals surface area contributed by atoms with Crippen LogP contribution in [0.15, 0.2) is 24.3 Å². The summed E-state index contributed by atoms with van der Waals surface area (Å²) in [6, 6.07) is 7.46. The molecular weight excluding hydrogens is 230 g/mol. The molecular formula is C14H21NO3. The zero-order chi connectivity index (χ0) is 13.5. The van der Waals surface area contributed by atoms with Crippen molar-refractivity contribution < 1.29 is 15.0 Å². The van der Waals surface area contributed by atoms with E-state index in [1.54, 1.807) is 12.1 Å². The van der Waals surface area contributed by atoms with Crippen molar-refractivity contribution in [2.24, 2.45) is 0 Å². The van der Waals surface area contributed by atoms with Gasteiger partial charge in [-0.25, -0.2) is 0 Å². The number of phenolic OH excluding ortho intramolecular Hbond substituents is 1. The first-order valence-corrected chi connectivity index (χ1v) is 6.25. The average molecular weight is 251 g/mol. The maximum absolute atomic E-state index is 10.5. The number of aliphatic carboxylic acids is 1. The summed E-state index contributed by atoms with van der Waals surface area (Å²) in [5.74, 6) is -0.483. The van der Waals surface area contributed by atoms with Gasteiger partial charge in [0.25, 0.3) is 0 Å². The number of aromatic hydroxyl groups is 1. The normalized spacial score (nSPS) is 12.6. The van der Waals surface area contributed by atoms with Crippen molar-refractivity contribution in [3.8, 4) is 5.75 Å². The molecule has 1 atom stereocenters. The van der Waals surface area contributed by atoms with Crippen LogP contribution >= 0.6 is 0 Å². The predicted octanol–water partition coefficient (Wildman–Crippen LogP) is 2.64. The van der Waals surface area contributed by atoms with Crippen molar-refractivity contribution in [2.75, 3.05) is 13.6 Å². The monoisotopic (exact) mass is 251 g/mol. The maximum atomic E-state index is 10.5. The minimum atomic E-state index is -0.749. The number of rotatable bonds is 7. The van der Waals surface area contributed by atoms with Gasteiger partial charge in [0, 0.05) is 12.5 Å². The minimum absolute atomic E-state index is 0.205. The number of nitrogens with zero attached hydrogens (tertiary/aromatic N) is 1. The first kappa shape index (κ1) is 14.5. The molecule has 1 unspecified atom stereocenters. The van der Waals surface area contributed by atoms with Gasteiger partial charge < -0.3 is 10.2 Å². The fourth-order valence-corrected chi connectivity index (χ4v) is 2.13. The van der Waals surface area contributed by atoms with Crippen molar-refractivity contribution in [3.63, 3.8) is 0 Å². The molecule has 1 rings (SSSR count). The van der Waals surface area contributed by atoms with E-state index in [0.717, 1.165) is 18.5 Å². The summed E-state index contributed by atoms with van der Waals surface area (Å²) in [7, 11) is 2.00. The van der Waals surface area contributed by atoms with Crippen molar-refractivity contribution in [1.29, 1.82) is 0 Å². The Morgan fingerprint density at radius 3 is 2.44 bits per heavy atom. The molecule has 0 bridgehead atoms. The number of hydrogen-bond acceptors (Lipinski definition) is 3. The first-order valence-electron chi connectivity index (χ1n) is 6.25. The topological polar surface area (TPSA) is 60.8 Å². The van der Waals surface area contributed by atoms with Crippen molar-refractivity contribution >= 4 is 5.97 Å². The molecule has 0 radical (unpaired) electrons. The van der Waals surface area contributed by atoms with E-state index in [0.29, 0.717) is 6.42 Å². The Hall–Kier alpha value is -1.55. The second-order valence-electron chi connectivity index (χ2n) is 4.49. The van der Waals surface area contributed by atoms with Gasteiger partial charge >= 0.3 is 5.97 Å². The number of carboxylic acid groups (broad SMARTS) is 1. The molecule has 0 amide bonds. The van der Waals surface area contributed by atoms with Crippen LogP contribution < -0.4 is 0 Å². The number of carboxylic acids is 1. The van der Waals surface area contributed by atoms with E-state index < -0.39 is 5.97 Å². The van der Waals surface area contributed by atoms with Gasteiger partial charge in [-0.05, 0) is 44.1 Å². The van der Waals surface area contributed by atoms with Crippen LogP contribution in [-0.2, 0) is 4.79 Å². The van der Waals surface area contributed by atoms with Crippen LogP contribution in [0.4, 0.5) is 0 Å². The van der Waals surface area contributed by atoms with Crippen LogP contribution in [0.3, 0.4) is 0 Å². The fraction of sp³-hybridized carbons (Fsp3) is 0.500. The van der Waals surface area contributed by atoms with Gasteiger partial charge in [-0.2, -0.15) is 0 Å². The molecule has 2 N–H and O–H groups in total. The van der Waals surface area contributed by atoms with E-state index in [-0.39, 0.29) is 18.2 Å². The highest BCUT2D eigenvalue weighted by Gasteiger charge is 2.14. The quantitative estimate of drug-likeness (QED) is 0.782. The Kier molecular flexibility index (Phi) is 5.65. The van der Waals surface area contributed by atoms with Gasteiger partial charge in [-0.3, -0.25) is 9.69 Å². The van der Waals surface area contributed by atoms with E-state index in [1.165, 1.54) is 0 Å². The summed E-state index contributed by atoms with van der Waals surface area (Å²) in [5, 5.41) is 17.9. The highest BCUT2D eigenvalue weighted by Crippen LogP contribution is 2.24. The van der Waals surface area contributed by atoms with Gasteiger partial charge in [0.05, 0.1) is 0 Å². The van der Waals surface area contributed by atoms with E-state index in [4.69, 9.17) is 5.11 Å². The highest BCUT2D eigenvalue weighted by atomic mass is 16.4. The Morgan fingerprint density at radius 2 is 1.94 bits per heavy atom. The summed E-state index contributed by atoms with van der Waals surface area (Å²) < 4.78 is 0. The van der Waals surface area contributed by atoms with Crippen LogP contribution in [0, 0.1) is 0 Å². The van der Waals surface area contributed by atoms with Gasteiger partial charge in [0.15, 0.2) is 0 Å². The molecule has 4 nitrogen and oxygen atoms in total. The third-order valence-electron chi connectivity index (χ3n) is 3.10. The fourth-order valence-electron chi connectivity index (χ4n) is 2.13. The first-order chi connectivity index (χ1) is 8.54. The Balaban J connectivity index is 2.59. The third kappa shape index (κ3) is 4.37. The predicted molar refractivity (Wildman–Crippen MR) is 70.6 cm³/mol. The van der Waals surface area contributed by atoms with E-state index in [9.17, 15) is 9.90 Å².